The molecule has 1 amide bonds. The molecule has 3 aromatic rings. The van der Waals surface area contributed by atoms with Gasteiger partial charge in [0.2, 0.25) is 0 Å². The van der Waals surface area contributed by atoms with E-state index in [1.54, 1.807) is 26.0 Å². The zero-order valence-electron chi connectivity index (χ0n) is 15.5. The van der Waals surface area contributed by atoms with Crippen LogP contribution in [0.15, 0.2) is 45.8 Å². The lowest BCUT2D eigenvalue weighted by Crippen LogP contribution is -2.23. The predicted molar refractivity (Wildman–Crippen MR) is 106 cm³/mol. The van der Waals surface area contributed by atoms with E-state index in [0.29, 0.717) is 16.9 Å². The van der Waals surface area contributed by atoms with E-state index < -0.39 is 23.1 Å². The highest BCUT2D eigenvalue weighted by Crippen LogP contribution is 2.25. The maximum Gasteiger partial charge on any atom is 0.273 e. The molecule has 0 saturated carbocycles. The summed E-state index contributed by atoms with van der Waals surface area (Å²) in [5, 5.41) is 0. The molecule has 2 heterocycles. The Morgan fingerprint density at radius 2 is 1.97 bits per heavy atom. The third-order valence-electron chi connectivity index (χ3n) is 4.25. The largest absolute Gasteiger partial charge is 0.487 e. The minimum atomic E-state index is -0.734. The summed E-state index contributed by atoms with van der Waals surface area (Å²) in [7, 11) is 0. The molecule has 9 heteroatoms. The van der Waals surface area contributed by atoms with Crippen molar-refractivity contribution in [3.63, 3.8) is 0 Å². The van der Waals surface area contributed by atoms with Crippen molar-refractivity contribution < 1.29 is 18.3 Å². The van der Waals surface area contributed by atoms with Crippen molar-refractivity contribution in [2.24, 2.45) is 5.73 Å². The lowest BCUT2D eigenvalue weighted by atomic mass is 10.2. The van der Waals surface area contributed by atoms with Crippen LogP contribution in [0.25, 0.3) is 5.69 Å². The summed E-state index contributed by atoms with van der Waals surface area (Å²) in [5.41, 5.74) is 6.63. The maximum absolute atomic E-state index is 13.8. The first-order valence-electron chi connectivity index (χ1n) is 8.44. The molecule has 29 heavy (non-hydrogen) atoms. The first-order chi connectivity index (χ1) is 13.7. The number of aromatic nitrogens is 2. The van der Waals surface area contributed by atoms with Crippen molar-refractivity contribution in [2.45, 2.75) is 20.5 Å². The topological polar surface area (TPSA) is 87.2 Å². The number of hydrogen-bond donors (Lipinski definition) is 1. The summed E-state index contributed by atoms with van der Waals surface area (Å²) in [5.74, 6) is -1.86. The van der Waals surface area contributed by atoms with Crippen molar-refractivity contribution in [2.75, 3.05) is 0 Å². The van der Waals surface area contributed by atoms with Crippen molar-refractivity contribution in [3.8, 4) is 11.4 Å². The van der Waals surface area contributed by atoms with Crippen LogP contribution < -0.4 is 16.0 Å². The molecule has 3 rings (SSSR count). The Morgan fingerprint density at radius 3 is 2.59 bits per heavy atom. The SMILES string of the molecule is Cc1cc(-n2c(C)cc(OCc3ccc(F)cc3F)c(Br)c2=O)cnc1C(N)=O. The number of ether oxygens (including phenoxy) is 1. The number of hydrogen-bond acceptors (Lipinski definition) is 4. The normalized spacial score (nSPS) is 10.8. The average molecular weight is 464 g/mol. The molecule has 0 saturated heterocycles. The van der Waals surface area contributed by atoms with Crippen molar-refractivity contribution in [1.29, 1.82) is 0 Å². The Bertz CT molecular complexity index is 1180. The average Bonchev–Trinajstić information content (AvgIpc) is 2.64. The van der Waals surface area contributed by atoms with Crippen LogP contribution in [0.1, 0.15) is 27.3 Å². The Balaban J connectivity index is 1.95. The van der Waals surface area contributed by atoms with Gasteiger partial charge in [0.1, 0.15) is 34.2 Å². The number of benzene rings is 1. The zero-order valence-corrected chi connectivity index (χ0v) is 17.1. The van der Waals surface area contributed by atoms with Crippen LogP contribution in [-0.4, -0.2) is 15.5 Å². The molecule has 0 aliphatic rings. The number of amides is 1. The van der Waals surface area contributed by atoms with Gasteiger partial charge in [0, 0.05) is 23.4 Å². The second-order valence-corrected chi connectivity index (χ2v) is 7.15. The minimum Gasteiger partial charge on any atom is -0.487 e. The number of carbonyl (C=O) groups is 1. The van der Waals surface area contributed by atoms with Gasteiger partial charge in [-0.3, -0.25) is 14.2 Å². The van der Waals surface area contributed by atoms with E-state index in [-0.39, 0.29) is 28.1 Å². The van der Waals surface area contributed by atoms with Gasteiger partial charge in [-0.2, -0.15) is 0 Å². The fourth-order valence-corrected chi connectivity index (χ4v) is 3.25. The van der Waals surface area contributed by atoms with E-state index >= 15 is 0 Å². The number of nitrogens with two attached hydrogens (primary N) is 1. The third-order valence-corrected chi connectivity index (χ3v) is 4.98. The molecule has 0 spiro atoms. The molecule has 0 unspecified atom stereocenters. The zero-order chi connectivity index (χ0) is 21.3. The Hall–Kier alpha value is -3.07. The highest BCUT2D eigenvalue weighted by molar-refractivity contribution is 9.10. The highest BCUT2D eigenvalue weighted by atomic mass is 79.9. The number of carbonyl (C=O) groups excluding carboxylic acids is 1. The molecular weight excluding hydrogens is 448 g/mol. The minimum absolute atomic E-state index is 0.125. The van der Waals surface area contributed by atoms with E-state index in [0.717, 1.165) is 12.1 Å². The van der Waals surface area contributed by atoms with Gasteiger partial charge in [0.05, 0.1) is 11.9 Å². The third kappa shape index (κ3) is 4.19. The molecule has 6 nitrogen and oxygen atoms in total. The molecule has 0 atom stereocenters. The number of pyridine rings is 2. The fraction of sp³-hybridized carbons (Fsp3) is 0.150. The molecule has 150 valence electrons. The van der Waals surface area contributed by atoms with Crippen LogP contribution in [0.4, 0.5) is 8.78 Å². The summed E-state index contributed by atoms with van der Waals surface area (Å²) in [6.07, 6.45) is 1.38. The first kappa shape index (κ1) is 20.7. The van der Waals surface area contributed by atoms with Gasteiger partial charge in [-0.1, -0.05) is 0 Å². The van der Waals surface area contributed by atoms with Crippen molar-refractivity contribution >= 4 is 21.8 Å². The maximum atomic E-state index is 13.8. The van der Waals surface area contributed by atoms with Crippen LogP contribution in [0, 0.1) is 25.5 Å². The number of halogens is 3. The van der Waals surface area contributed by atoms with Crippen LogP contribution in [0.5, 0.6) is 5.75 Å². The fourth-order valence-electron chi connectivity index (χ4n) is 2.84. The van der Waals surface area contributed by atoms with Gasteiger partial charge < -0.3 is 10.5 Å². The summed E-state index contributed by atoms with van der Waals surface area (Å²) < 4.78 is 33.9. The molecule has 1 aromatic carbocycles. The highest BCUT2D eigenvalue weighted by Gasteiger charge is 2.16. The van der Waals surface area contributed by atoms with E-state index in [1.807, 2.05) is 0 Å². The second-order valence-electron chi connectivity index (χ2n) is 6.35. The van der Waals surface area contributed by atoms with Crippen LogP contribution in [0.3, 0.4) is 0 Å². The van der Waals surface area contributed by atoms with Gasteiger partial charge in [-0.25, -0.2) is 13.8 Å². The lowest BCUT2D eigenvalue weighted by Gasteiger charge is -2.15. The molecular formula is C20H16BrF2N3O3. The van der Waals surface area contributed by atoms with E-state index in [1.165, 1.54) is 16.8 Å². The monoisotopic (exact) mass is 463 g/mol. The van der Waals surface area contributed by atoms with E-state index in [4.69, 9.17) is 10.5 Å². The number of nitrogens with zero attached hydrogens (tertiary/aromatic N) is 2. The van der Waals surface area contributed by atoms with Gasteiger partial charge in [-0.15, -0.1) is 0 Å². The van der Waals surface area contributed by atoms with Gasteiger partial charge in [0.25, 0.3) is 11.5 Å². The van der Waals surface area contributed by atoms with Crippen LogP contribution in [-0.2, 0) is 6.61 Å². The smallest absolute Gasteiger partial charge is 0.273 e. The quantitative estimate of drug-likeness (QED) is 0.626. The molecule has 0 radical (unpaired) electrons. The molecule has 2 aromatic heterocycles. The summed E-state index contributed by atoms with van der Waals surface area (Å²) in [4.78, 5) is 28.2. The van der Waals surface area contributed by atoms with E-state index in [9.17, 15) is 18.4 Å². The molecule has 2 N–H and O–H groups in total. The van der Waals surface area contributed by atoms with E-state index in [2.05, 4.69) is 20.9 Å². The molecule has 0 fully saturated rings. The summed E-state index contributed by atoms with van der Waals surface area (Å²) in [6.45, 7) is 3.18. The predicted octanol–water partition coefficient (Wildman–Crippen LogP) is 3.57. The lowest BCUT2D eigenvalue weighted by molar-refractivity contribution is 0.0995. The van der Waals surface area contributed by atoms with Gasteiger partial charge in [0.15, 0.2) is 0 Å². The number of primary amides is 1. The van der Waals surface area contributed by atoms with Crippen LogP contribution in [0.2, 0.25) is 0 Å². The summed E-state index contributed by atoms with van der Waals surface area (Å²) >= 11 is 3.22. The van der Waals surface area contributed by atoms with Crippen LogP contribution >= 0.6 is 15.9 Å². The second kappa shape index (κ2) is 8.12. The Kier molecular flexibility index (Phi) is 5.78. The van der Waals surface area contributed by atoms with Crippen molar-refractivity contribution in [3.05, 3.63) is 85.5 Å². The standard InChI is InChI=1S/C20H16BrF2N3O3/c1-10-5-14(8-25-18(10)19(24)27)26-11(2)6-16(17(21)20(26)28)29-9-12-3-4-13(22)7-15(12)23/h3-8H,9H2,1-2H3,(H2,24,27). The number of rotatable bonds is 5. The number of aryl methyl sites for hydroxylation is 2. The Labute approximate surface area is 173 Å². The van der Waals surface area contributed by atoms with Gasteiger partial charge >= 0.3 is 0 Å². The Morgan fingerprint density at radius 1 is 1.24 bits per heavy atom. The molecule has 0 aliphatic heterocycles. The molecule has 0 aliphatic carbocycles. The first-order valence-corrected chi connectivity index (χ1v) is 9.24. The molecule has 0 bridgehead atoms. The van der Waals surface area contributed by atoms with Crippen molar-refractivity contribution in [1.82, 2.24) is 9.55 Å². The van der Waals surface area contributed by atoms with Gasteiger partial charge in [-0.05, 0) is 53.5 Å². The summed E-state index contributed by atoms with van der Waals surface area (Å²) in [6, 6.07) is 6.40.